The molecule has 0 aliphatic rings. The lowest BCUT2D eigenvalue weighted by atomic mass is 10.2. The number of amides is 1. The fourth-order valence-corrected chi connectivity index (χ4v) is 1.07. The molecule has 0 spiro atoms. The molecule has 0 aromatic rings. The van der Waals surface area contributed by atoms with Gasteiger partial charge in [-0.05, 0) is 6.42 Å². The van der Waals surface area contributed by atoms with E-state index in [4.69, 9.17) is 15.6 Å². The number of aliphatic carboxylic acids is 1. The Morgan fingerprint density at radius 2 is 2.25 bits per heavy atom. The van der Waals surface area contributed by atoms with Crippen LogP contribution in [0.3, 0.4) is 0 Å². The van der Waals surface area contributed by atoms with Gasteiger partial charge in [-0.1, -0.05) is 6.08 Å². The number of hydrogen-bond acceptors (Lipinski definition) is 4. The molecule has 2 atom stereocenters. The van der Waals surface area contributed by atoms with Crippen molar-refractivity contribution in [3.05, 3.63) is 12.7 Å². The van der Waals surface area contributed by atoms with E-state index in [1.165, 1.54) is 7.11 Å². The summed E-state index contributed by atoms with van der Waals surface area (Å²) >= 11 is 0. The molecule has 2 unspecified atom stereocenters. The third-order valence-corrected chi connectivity index (χ3v) is 2.00. The zero-order valence-electron chi connectivity index (χ0n) is 9.31. The fraction of sp³-hybridized carbons (Fsp3) is 0.600. The summed E-state index contributed by atoms with van der Waals surface area (Å²) in [6, 6.07) is -0.653. The number of methoxy groups -OCH3 is 1. The van der Waals surface area contributed by atoms with Crippen LogP contribution in [0.1, 0.15) is 12.8 Å². The van der Waals surface area contributed by atoms with E-state index in [-0.39, 0.29) is 18.9 Å². The SMILES string of the molecule is C=CCC(N)C(=O)NCC(CC(=O)O)OC. The molecule has 0 heterocycles. The molecule has 6 nitrogen and oxygen atoms in total. The van der Waals surface area contributed by atoms with E-state index in [2.05, 4.69) is 11.9 Å². The van der Waals surface area contributed by atoms with Gasteiger partial charge in [-0.25, -0.2) is 0 Å². The lowest BCUT2D eigenvalue weighted by molar-refractivity contribution is -0.140. The highest BCUT2D eigenvalue weighted by Gasteiger charge is 2.16. The number of ether oxygens (including phenoxy) is 1. The van der Waals surface area contributed by atoms with Gasteiger partial charge in [0.15, 0.2) is 0 Å². The van der Waals surface area contributed by atoms with E-state index in [0.717, 1.165) is 0 Å². The van der Waals surface area contributed by atoms with Crippen LogP contribution >= 0.6 is 0 Å². The number of carboxylic acid groups (broad SMARTS) is 1. The maximum Gasteiger partial charge on any atom is 0.306 e. The first kappa shape index (κ1) is 14.6. The van der Waals surface area contributed by atoms with Crippen molar-refractivity contribution < 1.29 is 19.4 Å². The number of carbonyl (C=O) groups excluding carboxylic acids is 1. The lowest BCUT2D eigenvalue weighted by Gasteiger charge is -2.15. The minimum atomic E-state index is -0.975. The molecule has 4 N–H and O–H groups in total. The third kappa shape index (κ3) is 6.15. The van der Waals surface area contributed by atoms with Crippen LogP contribution in [-0.2, 0) is 14.3 Å². The first-order valence-electron chi connectivity index (χ1n) is 4.90. The summed E-state index contributed by atoms with van der Waals surface area (Å²) < 4.78 is 4.89. The van der Waals surface area contributed by atoms with Crippen molar-refractivity contribution in [1.29, 1.82) is 0 Å². The fourth-order valence-electron chi connectivity index (χ4n) is 1.07. The molecule has 0 aliphatic heterocycles. The van der Waals surface area contributed by atoms with Crippen molar-refractivity contribution in [2.75, 3.05) is 13.7 Å². The van der Waals surface area contributed by atoms with Gasteiger partial charge in [0.1, 0.15) is 0 Å². The van der Waals surface area contributed by atoms with Gasteiger partial charge in [0, 0.05) is 13.7 Å². The minimum absolute atomic E-state index is 0.131. The van der Waals surface area contributed by atoms with Crippen LogP contribution in [0.5, 0.6) is 0 Å². The normalized spacial score (nSPS) is 13.9. The summed E-state index contributed by atoms with van der Waals surface area (Å²) in [7, 11) is 1.39. The Balaban J connectivity index is 3.96. The summed E-state index contributed by atoms with van der Waals surface area (Å²) in [6.45, 7) is 3.60. The van der Waals surface area contributed by atoms with E-state index >= 15 is 0 Å². The van der Waals surface area contributed by atoms with Gasteiger partial charge < -0.3 is 20.9 Å². The van der Waals surface area contributed by atoms with Gasteiger partial charge in [-0.15, -0.1) is 6.58 Å². The summed E-state index contributed by atoms with van der Waals surface area (Å²) in [5, 5.41) is 11.1. The van der Waals surface area contributed by atoms with Crippen LogP contribution in [0.4, 0.5) is 0 Å². The second-order valence-electron chi connectivity index (χ2n) is 3.33. The smallest absolute Gasteiger partial charge is 0.306 e. The van der Waals surface area contributed by atoms with Crippen LogP contribution in [-0.4, -0.2) is 42.8 Å². The van der Waals surface area contributed by atoms with Crippen LogP contribution in [0, 0.1) is 0 Å². The maximum atomic E-state index is 11.4. The topological polar surface area (TPSA) is 102 Å². The highest BCUT2D eigenvalue weighted by atomic mass is 16.5. The Morgan fingerprint density at radius 1 is 1.62 bits per heavy atom. The summed E-state index contributed by atoms with van der Waals surface area (Å²) in [6.07, 6.45) is 1.22. The van der Waals surface area contributed by atoms with E-state index in [1.54, 1.807) is 6.08 Å². The highest BCUT2D eigenvalue weighted by Crippen LogP contribution is 1.96. The molecule has 0 fully saturated rings. The zero-order valence-corrected chi connectivity index (χ0v) is 9.31. The Hall–Kier alpha value is -1.40. The minimum Gasteiger partial charge on any atom is -0.481 e. The second kappa shape index (κ2) is 7.84. The van der Waals surface area contributed by atoms with E-state index in [0.29, 0.717) is 6.42 Å². The van der Waals surface area contributed by atoms with Gasteiger partial charge >= 0.3 is 5.97 Å². The molecule has 6 heteroatoms. The number of nitrogens with two attached hydrogens (primary N) is 1. The number of nitrogens with one attached hydrogen (secondary N) is 1. The molecular weight excluding hydrogens is 212 g/mol. The molecule has 16 heavy (non-hydrogen) atoms. The number of hydrogen-bond donors (Lipinski definition) is 3. The number of carbonyl (C=O) groups is 2. The summed E-state index contributed by atoms with van der Waals surface area (Å²) in [5.41, 5.74) is 5.52. The molecular formula is C10H18N2O4. The molecule has 92 valence electrons. The first-order valence-corrected chi connectivity index (χ1v) is 4.90. The van der Waals surface area contributed by atoms with E-state index in [9.17, 15) is 9.59 Å². The van der Waals surface area contributed by atoms with Crippen molar-refractivity contribution in [3.63, 3.8) is 0 Å². The van der Waals surface area contributed by atoms with E-state index in [1.807, 2.05) is 0 Å². The van der Waals surface area contributed by atoms with Crippen molar-refractivity contribution >= 4 is 11.9 Å². The molecule has 0 saturated heterocycles. The molecule has 0 bridgehead atoms. The van der Waals surface area contributed by atoms with Crippen LogP contribution in [0.15, 0.2) is 12.7 Å². The van der Waals surface area contributed by atoms with Crippen molar-refractivity contribution in [3.8, 4) is 0 Å². The molecule has 0 aliphatic carbocycles. The highest BCUT2D eigenvalue weighted by molar-refractivity contribution is 5.81. The van der Waals surface area contributed by atoms with Gasteiger partial charge in [0.2, 0.25) is 5.91 Å². The second-order valence-corrected chi connectivity index (χ2v) is 3.33. The standard InChI is InChI=1S/C10H18N2O4/c1-3-4-8(11)10(15)12-6-7(16-2)5-9(13)14/h3,7-8H,1,4-6,11H2,2H3,(H,12,15)(H,13,14). The number of carboxylic acids is 1. The van der Waals surface area contributed by atoms with E-state index < -0.39 is 18.1 Å². The molecule has 0 aromatic heterocycles. The van der Waals surface area contributed by atoms with Gasteiger partial charge in [-0.2, -0.15) is 0 Å². The maximum absolute atomic E-state index is 11.4. The number of rotatable bonds is 8. The average molecular weight is 230 g/mol. The Kier molecular flexibility index (Phi) is 7.15. The third-order valence-electron chi connectivity index (χ3n) is 2.00. The molecule has 1 amide bonds. The Bertz CT molecular complexity index is 255. The molecule has 0 saturated carbocycles. The summed E-state index contributed by atoms with van der Waals surface area (Å²) in [4.78, 5) is 21.8. The predicted octanol–water partition coefficient (Wildman–Crippen LogP) is -0.504. The van der Waals surface area contributed by atoms with Gasteiger partial charge in [0.05, 0.1) is 18.6 Å². The predicted molar refractivity (Wildman–Crippen MR) is 58.8 cm³/mol. The lowest BCUT2D eigenvalue weighted by Crippen LogP contribution is -2.43. The summed E-state index contributed by atoms with van der Waals surface area (Å²) in [5.74, 6) is -1.32. The van der Waals surface area contributed by atoms with Crippen molar-refractivity contribution in [1.82, 2.24) is 5.32 Å². The Labute approximate surface area is 94.5 Å². The van der Waals surface area contributed by atoms with Crippen LogP contribution in [0.2, 0.25) is 0 Å². The quantitative estimate of drug-likeness (QED) is 0.488. The monoisotopic (exact) mass is 230 g/mol. The largest absolute Gasteiger partial charge is 0.481 e. The Morgan fingerprint density at radius 3 is 2.69 bits per heavy atom. The molecule has 0 aromatic carbocycles. The van der Waals surface area contributed by atoms with Gasteiger partial charge in [-0.3, -0.25) is 9.59 Å². The van der Waals surface area contributed by atoms with Crippen LogP contribution < -0.4 is 11.1 Å². The average Bonchev–Trinajstić information content (AvgIpc) is 2.23. The first-order chi connectivity index (χ1) is 7.51. The van der Waals surface area contributed by atoms with Crippen molar-refractivity contribution in [2.24, 2.45) is 5.73 Å². The molecule has 0 rings (SSSR count). The molecule has 0 radical (unpaired) electrons. The van der Waals surface area contributed by atoms with Crippen LogP contribution in [0.25, 0.3) is 0 Å². The zero-order chi connectivity index (χ0) is 12.6. The van der Waals surface area contributed by atoms with Gasteiger partial charge in [0.25, 0.3) is 0 Å². The van der Waals surface area contributed by atoms with Crippen molar-refractivity contribution in [2.45, 2.75) is 25.0 Å².